The SMILES string of the molecule is CC(=O)OC/C1=C/C[C@@]2(C)CC(=O)C(=C(C)C)[C@@H]2CC[C@]2(C)O[C@H]2CC1. The normalized spacial score (nSPS) is 39.2. The molecule has 0 aromatic heterocycles. The highest BCUT2D eigenvalue weighted by molar-refractivity contribution is 5.99. The molecule has 0 radical (unpaired) electrons. The minimum atomic E-state index is -0.250. The average Bonchev–Trinajstić information content (AvgIpc) is 3.10. The molecular formula is C22H32O4. The van der Waals surface area contributed by atoms with Crippen LogP contribution in [0.15, 0.2) is 22.8 Å². The highest BCUT2D eigenvalue weighted by Crippen LogP contribution is 2.53. The van der Waals surface area contributed by atoms with Gasteiger partial charge in [0.05, 0.1) is 11.7 Å². The van der Waals surface area contributed by atoms with E-state index in [1.807, 2.05) is 0 Å². The van der Waals surface area contributed by atoms with Gasteiger partial charge < -0.3 is 9.47 Å². The highest BCUT2D eigenvalue weighted by Gasteiger charge is 2.54. The number of ketones is 1. The second-order valence-corrected chi connectivity index (χ2v) is 9.06. The first-order chi connectivity index (χ1) is 12.1. The fraction of sp³-hybridized carbons (Fsp3) is 0.727. The van der Waals surface area contributed by atoms with Gasteiger partial charge in [-0.2, -0.15) is 0 Å². The van der Waals surface area contributed by atoms with Crippen LogP contribution in [0.3, 0.4) is 0 Å². The molecule has 4 nitrogen and oxygen atoms in total. The minimum Gasteiger partial charge on any atom is -0.461 e. The molecule has 1 saturated heterocycles. The lowest BCUT2D eigenvalue weighted by molar-refractivity contribution is -0.140. The number of hydrogen-bond donors (Lipinski definition) is 0. The van der Waals surface area contributed by atoms with E-state index in [0.29, 0.717) is 18.8 Å². The van der Waals surface area contributed by atoms with E-state index in [2.05, 4.69) is 33.8 Å². The molecule has 3 aliphatic rings. The second kappa shape index (κ2) is 6.95. The van der Waals surface area contributed by atoms with Crippen LogP contribution in [-0.4, -0.2) is 30.1 Å². The number of carbonyl (C=O) groups is 2. The Balaban J connectivity index is 1.90. The smallest absolute Gasteiger partial charge is 0.302 e. The Morgan fingerprint density at radius 3 is 2.65 bits per heavy atom. The summed E-state index contributed by atoms with van der Waals surface area (Å²) in [5, 5.41) is 0. The summed E-state index contributed by atoms with van der Waals surface area (Å²) >= 11 is 0. The first-order valence-corrected chi connectivity index (χ1v) is 9.84. The monoisotopic (exact) mass is 360 g/mol. The van der Waals surface area contributed by atoms with E-state index in [1.54, 1.807) is 0 Å². The Bertz CT molecular complexity index is 670. The number of epoxide rings is 1. The molecule has 1 heterocycles. The van der Waals surface area contributed by atoms with Crippen LogP contribution in [0.2, 0.25) is 0 Å². The van der Waals surface area contributed by atoms with Crippen molar-refractivity contribution in [3.63, 3.8) is 0 Å². The van der Waals surface area contributed by atoms with Gasteiger partial charge in [0, 0.05) is 13.3 Å². The van der Waals surface area contributed by atoms with Gasteiger partial charge in [0.2, 0.25) is 0 Å². The van der Waals surface area contributed by atoms with Crippen molar-refractivity contribution in [1.29, 1.82) is 0 Å². The van der Waals surface area contributed by atoms with Crippen molar-refractivity contribution in [3.05, 3.63) is 22.8 Å². The van der Waals surface area contributed by atoms with E-state index >= 15 is 0 Å². The quantitative estimate of drug-likeness (QED) is 0.314. The molecule has 0 N–H and O–H groups in total. The Morgan fingerprint density at radius 2 is 2.00 bits per heavy atom. The maximum absolute atomic E-state index is 12.7. The maximum Gasteiger partial charge on any atom is 0.302 e. The number of hydrogen-bond acceptors (Lipinski definition) is 4. The molecule has 0 amide bonds. The van der Waals surface area contributed by atoms with Gasteiger partial charge in [-0.25, -0.2) is 0 Å². The molecule has 144 valence electrons. The number of allylic oxidation sites excluding steroid dienone is 3. The molecule has 1 aliphatic heterocycles. The van der Waals surface area contributed by atoms with Crippen LogP contribution >= 0.6 is 0 Å². The minimum absolute atomic E-state index is 0.0593. The van der Waals surface area contributed by atoms with Gasteiger partial charge in [-0.3, -0.25) is 9.59 Å². The van der Waals surface area contributed by atoms with Gasteiger partial charge in [-0.05, 0) is 75.4 Å². The van der Waals surface area contributed by atoms with E-state index in [-0.39, 0.29) is 29.0 Å². The molecule has 0 spiro atoms. The van der Waals surface area contributed by atoms with Crippen molar-refractivity contribution in [2.45, 2.75) is 84.8 Å². The Morgan fingerprint density at radius 1 is 1.27 bits per heavy atom. The summed E-state index contributed by atoms with van der Waals surface area (Å²) < 4.78 is 11.3. The number of ether oxygens (including phenoxy) is 2. The average molecular weight is 360 g/mol. The predicted molar refractivity (Wildman–Crippen MR) is 101 cm³/mol. The van der Waals surface area contributed by atoms with Crippen LogP contribution in [-0.2, 0) is 19.1 Å². The number of fused-ring (bicyclic) bond motifs is 2. The first-order valence-electron chi connectivity index (χ1n) is 9.84. The molecule has 0 aromatic rings. The van der Waals surface area contributed by atoms with Crippen LogP contribution in [0.1, 0.15) is 73.1 Å². The molecule has 0 unspecified atom stereocenters. The molecular weight excluding hydrogens is 328 g/mol. The summed E-state index contributed by atoms with van der Waals surface area (Å²) in [6, 6.07) is 0. The Hall–Kier alpha value is -1.42. The largest absolute Gasteiger partial charge is 0.461 e. The standard InChI is InChI=1S/C22H32O4/c1-14(2)20-17-9-11-22(5)19(26-22)7-6-16(13-25-15(3)23)8-10-21(17,4)12-18(20)24/h8,17,19H,6-7,9-13H2,1-5H3/b16-8+/t17-,19-,21-,22-/m0/s1. The zero-order chi connectivity index (χ0) is 19.1. The summed E-state index contributed by atoms with van der Waals surface area (Å²) in [7, 11) is 0. The van der Waals surface area contributed by atoms with Crippen molar-refractivity contribution in [2.75, 3.05) is 6.61 Å². The Labute approximate surface area is 157 Å². The summed E-state index contributed by atoms with van der Waals surface area (Å²) in [5.74, 6) is 0.341. The molecule has 0 bridgehead atoms. The van der Waals surface area contributed by atoms with Gasteiger partial charge in [-0.1, -0.05) is 18.6 Å². The van der Waals surface area contributed by atoms with Crippen LogP contribution in [0, 0.1) is 11.3 Å². The number of esters is 1. The van der Waals surface area contributed by atoms with Crippen molar-refractivity contribution in [2.24, 2.45) is 11.3 Å². The van der Waals surface area contributed by atoms with E-state index < -0.39 is 0 Å². The molecule has 26 heavy (non-hydrogen) atoms. The maximum atomic E-state index is 12.7. The van der Waals surface area contributed by atoms with Gasteiger partial charge in [0.25, 0.3) is 0 Å². The lowest BCUT2D eigenvalue weighted by atomic mass is 9.72. The molecule has 2 aliphatic carbocycles. The lowest BCUT2D eigenvalue weighted by Crippen LogP contribution is -2.24. The van der Waals surface area contributed by atoms with E-state index in [1.165, 1.54) is 6.92 Å². The number of Topliss-reactive ketones (excluding diaryl/α,β-unsaturated/α-hetero) is 1. The van der Waals surface area contributed by atoms with Gasteiger partial charge in [-0.15, -0.1) is 0 Å². The van der Waals surface area contributed by atoms with Crippen LogP contribution in [0.4, 0.5) is 0 Å². The highest BCUT2D eigenvalue weighted by atomic mass is 16.6. The second-order valence-electron chi connectivity index (χ2n) is 9.06. The zero-order valence-electron chi connectivity index (χ0n) is 16.8. The third-order valence-electron chi connectivity index (χ3n) is 6.60. The third-order valence-corrected chi connectivity index (χ3v) is 6.60. The van der Waals surface area contributed by atoms with Gasteiger partial charge >= 0.3 is 5.97 Å². The first kappa shape index (κ1) is 19.3. The topological polar surface area (TPSA) is 55.9 Å². The summed E-state index contributed by atoms with van der Waals surface area (Å²) in [5.41, 5.74) is 3.23. The lowest BCUT2D eigenvalue weighted by Gasteiger charge is -2.31. The van der Waals surface area contributed by atoms with E-state index in [0.717, 1.165) is 48.8 Å². The summed E-state index contributed by atoms with van der Waals surface area (Å²) in [6.45, 7) is 10.4. The van der Waals surface area contributed by atoms with Gasteiger partial charge in [0.1, 0.15) is 6.61 Å². The number of rotatable bonds is 2. The molecule has 1 saturated carbocycles. The van der Waals surface area contributed by atoms with Crippen LogP contribution in [0.25, 0.3) is 0 Å². The molecule has 3 rings (SSSR count). The molecule has 4 atom stereocenters. The fourth-order valence-corrected chi connectivity index (χ4v) is 4.89. The number of carbonyl (C=O) groups excluding carboxylic acids is 2. The van der Waals surface area contributed by atoms with Crippen LogP contribution in [0.5, 0.6) is 0 Å². The Kier molecular flexibility index (Phi) is 5.17. The summed E-state index contributed by atoms with van der Waals surface area (Å²) in [6.07, 6.45) is 7.83. The van der Waals surface area contributed by atoms with Crippen LogP contribution < -0.4 is 0 Å². The third kappa shape index (κ3) is 3.80. The molecule has 4 heteroatoms. The molecule has 0 aromatic carbocycles. The van der Waals surface area contributed by atoms with Crippen molar-refractivity contribution < 1.29 is 19.1 Å². The summed E-state index contributed by atoms with van der Waals surface area (Å²) in [4.78, 5) is 24.0. The van der Waals surface area contributed by atoms with Crippen molar-refractivity contribution in [3.8, 4) is 0 Å². The predicted octanol–water partition coefficient (Wildman–Crippen LogP) is 4.53. The molecule has 2 fully saturated rings. The van der Waals surface area contributed by atoms with E-state index in [9.17, 15) is 9.59 Å². The fourth-order valence-electron chi connectivity index (χ4n) is 4.89. The van der Waals surface area contributed by atoms with E-state index in [4.69, 9.17) is 9.47 Å². The van der Waals surface area contributed by atoms with Crippen molar-refractivity contribution in [1.82, 2.24) is 0 Å². The van der Waals surface area contributed by atoms with Crippen molar-refractivity contribution >= 4 is 11.8 Å². The zero-order valence-corrected chi connectivity index (χ0v) is 16.8. The van der Waals surface area contributed by atoms with Gasteiger partial charge in [0.15, 0.2) is 5.78 Å².